The average Bonchev–Trinajstić information content (AvgIpc) is 4.22. The van der Waals surface area contributed by atoms with Gasteiger partial charge in [0, 0.05) is 37.7 Å². The summed E-state index contributed by atoms with van der Waals surface area (Å²) < 4.78 is 47.3. The number of rotatable bonds is 15. The number of nitrogens with one attached hydrogen (secondary N) is 1. The molecule has 2 aromatic rings. The summed E-state index contributed by atoms with van der Waals surface area (Å²) in [5.74, 6) is -1.51. The Kier molecular flexibility index (Phi) is 14.0. The summed E-state index contributed by atoms with van der Waals surface area (Å²) in [7, 11) is -3.98. The van der Waals surface area contributed by atoms with Gasteiger partial charge in [-0.15, -0.1) is 6.58 Å². The van der Waals surface area contributed by atoms with Crippen LogP contribution in [0.2, 0.25) is 0 Å². The number of likely N-dealkylation sites (tertiary alicyclic amines) is 1. The predicted octanol–water partition coefficient (Wildman–Crippen LogP) is 7.40. The van der Waals surface area contributed by atoms with Gasteiger partial charge in [-0.3, -0.25) is 28.7 Å². The quantitative estimate of drug-likeness (QED) is 0.107. The maximum absolute atomic E-state index is 15.0. The Labute approximate surface area is 390 Å². The zero-order valence-electron chi connectivity index (χ0n) is 39.4. The Morgan fingerprint density at radius 1 is 1.00 bits per heavy atom. The first kappa shape index (κ1) is 47.9. The van der Waals surface area contributed by atoms with Gasteiger partial charge < -0.3 is 24.0 Å². The van der Waals surface area contributed by atoms with Gasteiger partial charge in [0.15, 0.2) is 5.78 Å². The molecule has 1 aromatic heterocycles. The lowest BCUT2D eigenvalue weighted by Crippen LogP contribution is -2.49. The number of benzene rings is 1. The zero-order chi connectivity index (χ0) is 47.0. The van der Waals surface area contributed by atoms with Gasteiger partial charge in [0.25, 0.3) is 0 Å². The molecular weight excluding hydrogens is 861 g/mol. The van der Waals surface area contributed by atoms with Crippen LogP contribution in [0.3, 0.4) is 0 Å². The fourth-order valence-corrected chi connectivity index (χ4v) is 11.8. The fraction of sp³-hybridized carbons (Fsp3) is 0.686. The number of aromatic nitrogens is 1. The van der Waals surface area contributed by atoms with Crippen molar-refractivity contribution in [2.24, 2.45) is 28.6 Å². The maximum Gasteiger partial charge on any atom is 0.306 e. The van der Waals surface area contributed by atoms with E-state index < -0.39 is 61.5 Å². The molecule has 3 saturated carbocycles. The highest BCUT2D eigenvalue weighted by molar-refractivity contribution is 7.91. The van der Waals surface area contributed by atoms with Crippen molar-refractivity contribution in [2.75, 3.05) is 26.2 Å². The molecule has 8 rings (SSSR count). The lowest BCUT2D eigenvalue weighted by molar-refractivity contribution is -0.154. The van der Waals surface area contributed by atoms with Crippen molar-refractivity contribution in [3.63, 3.8) is 0 Å². The second kappa shape index (κ2) is 19.2. The molecule has 2 bridgehead atoms. The molecule has 1 N–H and O–H groups in total. The summed E-state index contributed by atoms with van der Waals surface area (Å²) in [6.45, 7) is 13.4. The molecule has 14 nitrogen and oxygen atoms in total. The lowest BCUT2D eigenvalue weighted by Gasteiger charge is -2.34. The summed E-state index contributed by atoms with van der Waals surface area (Å²) in [5.41, 5.74) is -0.469. The van der Waals surface area contributed by atoms with E-state index in [9.17, 15) is 32.4 Å². The van der Waals surface area contributed by atoms with Crippen LogP contribution in [0.4, 0.5) is 0 Å². The van der Waals surface area contributed by atoms with E-state index in [0.717, 1.165) is 94.0 Å². The van der Waals surface area contributed by atoms with Gasteiger partial charge in [0.1, 0.15) is 18.0 Å². The molecule has 4 heterocycles. The number of allylic oxidation sites excluding steroid dienone is 1. The molecule has 3 aliphatic carbocycles. The molecule has 6 aliphatic rings. The number of carbonyl (C=O) groups is 5. The molecule has 66 heavy (non-hydrogen) atoms. The Bertz CT molecular complexity index is 2320. The van der Waals surface area contributed by atoms with E-state index in [1.807, 2.05) is 49.9 Å². The van der Waals surface area contributed by atoms with Gasteiger partial charge >= 0.3 is 5.97 Å². The van der Waals surface area contributed by atoms with Crippen LogP contribution in [0, 0.1) is 28.6 Å². The van der Waals surface area contributed by atoms with Gasteiger partial charge in [-0.25, -0.2) is 13.4 Å². The van der Waals surface area contributed by atoms with Gasteiger partial charge in [0.2, 0.25) is 33.6 Å². The lowest BCUT2D eigenvalue weighted by atomic mass is 9.77. The van der Waals surface area contributed by atoms with Gasteiger partial charge in [-0.05, 0) is 101 Å². The van der Waals surface area contributed by atoms with Crippen LogP contribution >= 0.6 is 0 Å². The Morgan fingerprint density at radius 2 is 1.77 bits per heavy atom. The van der Waals surface area contributed by atoms with E-state index in [2.05, 4.69) is 11.3 Å². The molecule has 7 atom stereocenters. The molecule has 2 saturated heterocycles. The maximum atomic E-state index is 15.0. The van der Waals surface area contributed by atoms with Crippen molar-refractivity contribution in [3.8, 4) is 11.6 Å². The van der Waals surface area contributed by atoms with Crippen molar-refractivity contribution < 1.29 is 46.6 Å². The Balaban J connectivity index is 1.07. The molecule has 0 unspecified atom stereocenters. The number of pyridine rings is 1. The smallest absolute Gasteiger partial charge is 0.306 e. The molecular formula is C51H70N4O10S. The van der Waals surface area contributed by atoms with E-state index in [1.54, 1.807) is 13.0 Å². The third-order valence-corrected chi connectivity index (χ3v) is 17.5. The highest BCUT2D eigenvalue weighted by Crippen LogP contribution is 2.57. The summed E-state index contributed by atoms with van der Waals surface area (Å²) in [6.07, 6.45) is 12.0. The van der Waals surface area contributed by atoms with E-state index in [0.29, 0.717) is 43.7 Å². The number of fused-ring (bicyclic) bond motifs is 5. The summed E-state index contributed by atoms with van der Waals surface area (Å²) in [4.78, 5) is 77.9. The first-order valence-electron chi connectivity index (χ1n) is 24.6. The third-order valence-electron chi connectivity index (χ3n) is 15.4. The van der Waals surface area contributed by atoms with E-state index in [4.69, 9.17) is 19.2 Å². The van der Waals surface area contributed by atoms with Crippen LogP contribution in [0.1, 0.15) is 142 Å². The largest absolute Gasteiger partial charge is 0.492 e. The normalized spacial score (nSPS) is 28.9. The standard InChI is InChI=1S/C51H70N4O10S/c1-6-34-30-51(34,48(60)53-66(61,62)50(5)22-23-50)31-41(56)40-28-35-32-55(40)47(59)38(49(2,3)4)29-44(58)65-42-27-33(42)17-10-9-11-19-37-45(36-18-12-13-20-39(36)52-46(37)64-35)63-26-15-8-7-14-24-54-25-16-21-43(54)57/h6,12-13,18,20,33-35,38,40,42H,1,7-11,14-17,19,21-32H2,2-5H3,(H,53,60)/t33-,34-,35-,38-,40+,42-,51-/m1/s1. The van der Waals surface area contributed by atoms with Gasteiger partial charge in [-0.1, -0.05) is 64.7 Å². The molecule has 0 radical (unpaired) electrons. The number of hydrogen-bond acceptors (Lipinski definition) is 11. The molecule has 0 spiro atoms. The van der Waals surface area contributed by atoms with Crippen LogP contribution in [0.5, 0.6) is 11.6 Å². The molecule has 360 valence electrons. The number of sulfonamides is 1. The SMILES string of the molecule is C=C[C@@H]1C[C@]1(CC(=O)[C@@H]1C[C@@H]2CN1C(=O)[C@H](C(C)(C)C)CC(=O)O[C@@H]1C[C@H]1CCCCCc1c(nc3ccccc3c1OCCCCCCN1CCCC1=O)O2)C(=O)NS(=O)(=O)C1(C)CC1. The van der Waals surface area contributed by atoms with Crippen molar-refractivity contribution in [1.29, 1.82) is 0 Å². The summed E-state index contributed by atoms with van der Waals surface area (Å²) >= 11 is 0. The summed E-state index contributed by atoms with van der Waals surface area (Å²) in [6, 6.07) is 6.81. The van der Waals surface area contributed by atoms with Crippen LogP contribution in [0.25, 0.3) is 10.9 Å². The number of esters is 1. The van der Waals surface area contributed by atoms with Crippen LogP contribution in [-0.4, -0.2) is 102 Å². The topological polar surface area (TPSA) is 179 Å². The Morgan fingerprint density at radius 3 is 2.48 bits per heavy atom. The van der Waals surface area contributed by atoms with Crippen molar-refractivity contribution >= 4 is 50.4 Å². The van der Waals surface area contributed by atoms with Gasteiger partial charge in [-0.2, -0.15) is 0 Å². The fourth-order valence-electron chi connectivity index (χ4n) is 10.5. The predicted molar refractivity (Wildman–Crippen MR) is 249 cm³/mol. The molecule has 3 amide bonds. The van der Waals surface area contributed by atoms with Crippen LogP contribution in [-0.2, 0) is 45.2 Å². The minimum absolute atomic E-state index is 0.0333. The molecule has 3 aliphatic heterocycles. The van der Waals surface area contributed by atoms with E-state index in [1.165, 1.54) is 4.90 Å². The van der Waals surface area contributed by atoms with E-state index >= 15 is 0 Å². The summed E-state index contributed by atoms with van der Waals surface area (Å²) in [5, 5.41) is 0.879. The van der Waals surface area contributed by atoms with E-state index in [-0.39, 0.29) is 61.8 Å². The van der Waals surface area contributed by atoms with Crippen molar-refractivity contribution in [3.05, 3.63) is 42.5 Å². The number of ketones is 1. The number of nitrogens with zero attached hydrogens (tertiary/aromatic N) is 3. The van der Waals surface area contributed by atoms with Crippen molar-refractivity contribution in [1.82, 2.24) is 19.5 Å². The second-order valence-electron chi connectivity index (χ2n) is 21.4. The van der Waals surface area contributed by atoms with Crippen molar-refractivity contribution in [2.45, 2.75) is 166 Å². The second-order valence-corrected chi connectivity index (χ2v) is 23.6. The number of carbonyl (C=O) groups excluding carboxylic acids is 5. The molecule has 5 fully saturated rings. The average molecular weight is 931 g/mol. The number of ether oxygens (including phenoxy) is 3. The highest BCUT2D eigenvalue weighted by atomic mass is 32.2. The number of unbranched alkanes of at least 4 members (excludes halogenated alkanes) is 3. The van der Waals surface area contributed by atoms with Crippen LogP contribution in [0.15, 0.2) is 36.9 Å². The van der Waals surface area contributed by atoms with Crippen LogP contribution < -0.4 is 14.2 Å². The minimum atomic E-state index is -3.98. The first-order chi connectivity index (χ1) is 31.4. The van der Waals surface area contributed by atoms with Gasteiger partial charge in [0.05, 0.1) is 52.8 Å². The zero-order valence-corrected chi connectivity index (χ0v) is 40.3. The first-order valence-corrected chi connectivity index (χ1v) is 26.1. The number of amides is 3. The highest BCUT2D eigenvalue weighted by Gasteiger charge is 2.62. The number of hydrogen-bond donors (Lipinski definition) is 1. The monoisotopic (exact) mass is 930 g/mol. The Hall–Kier alpha value is -4.53. The third kappa shape index (κ3) is 10.5. The molecule has 1 aromatic carbocycles. The number of para-hydroxylation sites is 1. The molecule has 15 heteroatoms. The number of Topliss-reactive ketones (excluding diaryl/α,β-unsaturated/α-hetero) is 1. The minimum Gasteiger partial charge on any atom is -0.492 e.